The van der Waals surface area contributed by atoms with Crippen LogP contribution in [-0.2, 0) is 22.4 Å². The van der Waals surface area contributed by atoms with Crippen LogP contribution in [0.15, 0.2) is 103 Å². The van der Waals surface area contributed by atoms with Crippen LogP contribution in [0.1, 0.15) is 18.1 Å². The van der Waals surface area contributed by atoms with E-state index in [1.807, 2.05) is 91.0 Å². The van der Waals surface area contributed by atoms with Gasteiger partial charge in [-0.3, -0.25) is 0 Å². The molecule has 7 nitrogen and oxygen atoms in total. The van der Waals surface area contributed by atoms with Crippen LogP contribution in [-0.4, -0.2) is 43.5 Å². The number of para-hydroxylation sites is 4. The number of carboxylic acids is 1. The first-order valence-electron chi connectivity index (χ1n) is 13.5. The molecule has 1 heterocycles. The summed E-state index contributed by atoms with van der Waals surface area (Å²) < 4.78 is 17.3. The maximum atomic E-state index is 11.3. The Morgan fingerprint density at radius 2 is 1.45 bits per heavy atom. The van der Waals surface area contributed by atoms with Gasteiger partial charge in [0.25, 0.3) is 0 Å². The van der Waals surface area contributed by atoms with Crippen LogP contribution < -0.4 is 20.1 Å². The van der Waals surface area contributed by atoms with E-state index in [0.29, 0.717) is 26.2 Å². The Balaban J connectivity index is 0.000000350. The third kappa shape index (κ3) is 7.85. The van der Waals surface area contributed by atoms with Crippen LogP contribution in [0.3, 0.4) is 0 Å². The molecule has 0 spiro atoms. The number of anilines is 2. The standard InChI is InChI=1S/C25H25NO5.C8H11N/c1-2-29-24(25(27)28)17-18-11-13-19(14-12-18)30-16-15-26-20-7-3-5-9-22(20)31-23-10-6-4-8-21(23)26;9-7-6-8-4-2-1-3-5-8/h3-14,24H,2,15-17H2,1H3,(H,27,28);1-5H,6-7,9H2. The Bertz CT molecular complexity index is 1300. The lowest BCUT2D eigenvalue weighted by Crippen LogP contribution is -2.26. The first-order chi connectivity index (χ1) is 19.6. The van der Waals surface area contributed by atoms with E-state index < -0.39 is 12.1 Å². The number of rotatable bonds is 11. The smallest absolute Gasteiger partial charge is 0.333 e. The first-order valence-corrected chi connectivity index (χ1v) is 13.5. The second-order valence-corrected chi connectivity index (χ2v) is 9.19. The Labute approximate surface area is 235 Å². The zero-order chi connectivity index (χ0) is 28.2. The highest BCUT2D eigenvalue weighted by molar-refractivity contribution is 5.77. The first kappa shape index (κ1) is 28.7. The van der Waals surface area contributed by atoms with E-state index in [-0.39, 0.29) is 0 Å². The van der Waals surface area contributed by atoms with Gasteiger partial charge in [-0.05, 0) is 67.4 Å². The van der Waals surface area contributed by atoms with Crippen LogP contribution in [0.5, 0.6) is 17.2 Å². The average molecular weight is 541 g/mol. The highest BCUT2D eigenvalue weighted by atomic mass is 16.5. The molecule has 0 radical (unpaired) electrons. The Morgan fingerprint density at radius 3 is 2.02 bits per heavy atom. The van der Waals surface area contributed by atoms with Gasteiger partial charge in [0.1, 0.15) is 12.4 Å². The van der Waals surface area contributed by atoms with Gasteiger partial charge in [-0.1, -0.05) is 66.7 Å². The Hall–Kier alpha value is -4.33. The number of nitrogens with two attached hydrogens (primary N) is 1. The minimum atomic E-state index is -0.951. The van der Waals surface area contributed by atoms with Crippen LogP contribution in [0.2, 0.25) is 0 Å². The van der Waals surface area contributed by atoms with Gasteiger partial charge in [-0.15, -0.1) is 0 Å². The van der Waals surface area contributed by atoms with Gasteiger partial charge in [0, 0.05) is 13.0 Å². The molecule has 208 valence electrons. The van der Waals surface area contributed by atoms with E-state index in [0.717, 1.165) is 47.2 Å². The Morgan fingerprint density at radius 1 is 0.850 bits per heavy atom. The number of nitrogens with zero attached hydrogens (tertiary/aromatic N) is 1. The normalized spacial score (nSPS) is 12.2. The van der Waals surface area contributed by atoms with Crippen molar-refractivity contribution in [1.29, 1.82) is 0 Å². The molecule has 3 N–H and O–H groups in total. The van der Waals surface area contributed by atoms with Gasteiger partial charge in [-0.2, -0.15) is 0 Å². The SMILES string of the molecule is CCOC(Cc1ccc(OCCN2c3ccccc3Oc3ccccc32)cc1)C(=O)O.NCCc1ccccc1. The molecule has 0 aliphatic carbocycles. The summed E-state index contributed by atoms with van der Waals surface area (Å²) in [4.78, 5) is 13.5. The van der Waals surface area contributed by atoms with Crippen molar-refractivity contribution >= 4 is 17.3 Å². The van der Waals surface area contributed by atoms with Crippen molar-refractivity contribution in [3.05, 3.63) is 114 Å². The predicted molar refractivity (Wildman–Crippen MR) is 158 cm³/mol. The summed E-state index contributed by atoms with van der Waals surface area (Å²) in [6.45, 7) is 4.04. The fourth-order valence-corrected chi connectivity index (χ4v) is 4.44. The minimum Gasteiger partial charge on any atom is -0.492 e. The van der Waals surface area contributed by atoms with Gasteiger partial charge in [0.15, 0.2) is 17.6 Å². The lowest BCUT2D eigenvalue weighted by Gasteiger charge is -2.32. The van der Waals surface area contributed by atoms with Gasteiger partial charge < -0.3 is 30.0 Å². The van der Waals surface area contributed by atoms with E-state index in [1.165, 1.54) is 5.56 Å². The van der Waals surface area contributed by atoms with Crippen molar-refractivity contribution in [2.75, 3.05) is 31.2 Å². The summed E-state index contributed by atoms with van der Waals surface area (Å²) in [5.41, 5.74) is 9.59. The maximum absolute atomic E-state index is 11.3. The highest BCUT2D eigenvalue weighted by Crippen LogP contribution is 2.45. The third-order valence-electron chi connectivity index (χ3n) is 6.38. The number of benzene rings is 4. The number of carbonyl (C=O) groups is 1. The van der Waals surface area contributed by atoms with E-state index >= 15 is 0 Å². The van der Waals surface area contributed by atoms with Gasteiger partial charge in [0.05, 0.1) is 17.9 Å². The second kappa shape index (κ2) is 14.7. The minimum absolute atomic E-state index is 0.324. The number of hydrogen-bond acceptors (Lipinski definition) is 6. The zero-order valence-electron chi connectivity index (χ0n) is 22.7. The van der Waals surface area contributed by atoms with Gasteiger partial charge in [0.2, 0.25) is 0 Å². The lowest BCUT2D eigenvalue weighted by molar-refractivity contribution is -0.149. The van der Waals surface area contributed by atoms with Crippen molar-refractivity contribution in [1.82, 2.24) is 0 Å². The molecule has 1 atom stereocenters. The molecule has 4 aromatic carbocycles. The predicted octanol–water partition coefficient (Wildman–Crippen LogP) is 6.23. The topological polar surface area (TPSA) is 94.2 Å². The molecule has 7 heteroatoms. The maximum Gasteiger partial charge on any atom is 0.333 e. The van der Waals surface area contributed by atoms with E-state index in [1.54, 1.807) is 6.92 Å². The molecule has 4 aromatic rings. The van der Waals surface area contributed by atoms with Crippen molar-refractivity contribution < 1.29 is 24.1 Å². The number of aliphatic carboxylic acids is 1. The summed E-state index contributed by atoms with van der Waals surface area (Å²) in [7, 11) is 0. The molecule has 40 heavy (non-hydrogen) atoms. The van der Waals surface area contributed by atoms with Crippen LogP contribution in [0.25, 0.3) is 0 Å². The number of carboxylic acid groups (broad SMARTS) is 1. The molecular formula is C33H36N2O5. The summed E-state index contributed by atoms with van der Waals surface area (Å²) in [6.07, 6.45) is 0.476. The largest absolute Gasteiger partial charge is 0.492 e. The fourth-order valence-electron chi connectivity index (χ4n) is 4.44. The summed E-state index contributed by atoms with van der Waals surface area (Å²) in [6, 6.07) is 33.7. The summed E-state index contributed by atoms with van der Waals surface area (Å²) in [5, 5.41) is 9.24. The van der Waals surface area contributed by atoms with Crippen molar-refractivity contribution in [3.8, 4) is 17.2 Å². The van der Waals surface area contributed by atoms with Gasteiger partial charge >= 0.3 is 5.97 Å². The molecule has 1 unspecified atom stereocenters. The Kier molecular flexibility index (Phi) is 10.6. The van der Waals surface area contributed by atoms with Crippen molar-refractivity contribution in [3.63, 3.8) is 0 Å². The molecule has 0 saturated carbocycles. The molecular weight excluding hydrogens is 504 g/mol. The lowest BCUT2D eigenvalue weighted by atomic mass is 10.1. The highest BCUT2D eigenvalue weighted by Gasteiger charge is 2.23. The van der Waals surface area contributed by atoms with E-state index in [2.05, 4.69) is 17.0 Å². The van der Waals surface area contributed by atoms with E-state index in [4.69, 9.17) is 19.9 Å². The van der Waals surface area contributed by atoms with Crippen LogP contribution >= 0.6 is 0 Å². The molecule has 0 bridgehead atoms. The molecule has 1 aliphatic rings. The van der Waals surface area contributed by atoms with Crippen molar-refractivity contribution in [2.24, 2.45) is 5.73 Å². The fraction of sp³-hybridized carbons (Fsp3) is 0.242. The second-order valence-electron chi connectivity index (χ2n) is 9.19. The number of fused-ring (bicyclic) bond motifs is 2. The van der Waals surface area contributed by atoms with Gasteiger partial charge in [-0.25, -0.2) is 4.79 Å². The van der Waals surface area contributed by atoms with E-state index in [9.17, 15) is 9.90 Å². The molecule has 1 aliphatic heterocycles. The number of hydrogen-bond donors (Lipinski definition) is 2. The molecule has 5 rings (SSSR count). The zero-order valence-corrected chi connectivity index (χ0v) is 22.7. The average Bonchev–Trinajstić information content (AvgIpc) is 2.98. The molecule has 0 amide bonds. The number of ether oxygens (including phenoxy) is 3. The van der Waals surface area contributed by atoms with Crippen LogP contribution in [0, 0.1) is 0 Å². The summed E-state index contributed by atoms with van der Waals surface area (Å²) >= 11 is 0. The quantitative estimate of drug-likeness (QED) is 0.233. The van der Waals surface area contributed by atoms with Crippen molar-refractivity contribution in [2.45, 2.75) is 25.9 Å². The molecule has 0 fully saturated rings. The molecule has 0 aromatic heterocycles. The monoisotopic (exact) mass is 540 g/mol. The summed E-state index contributed by atoms with van der Waals surface area (Å²) in [5.74, 6) is 1.44. The molecule has 0 saturated heterocycles. The van der Waals surface area contributed by atoms with Crippen LogP contribution in [0.4, 0.5) is 11.4 Å². The third-order valence-corrected chi connectivity index (χ3v) is 6.38.